The molecule has 0 amide bonds. The van der Waals surface area contributed by atoms with E-state index in [1.165, 1.54) is 32.1 Å². The lowest BCUT2D eigenvalue weighted by molar-refractivity contribution is -0.111. The molecule has 1 saturated heterocycles. The van der Waals surface area contributed by atoms with Crippen LogP contribution in [0.1, 0.15) is 57.9 Å². The van der Waals surface area contributed by atoms with Crippen molar-refractivity contribution in [2.75, 3.05) is 18.0 Å². The standard InChI is InChI=1S/C19H27FN2OS/c1-19(2,9-14-6-4-3-5-7-14)17-8-16(24-20)10-21-18(17)22-11-15(12-22)13-23/h8,10,13-15H,3-7,9,11-12H2,1-2H3. The minimum atomic E-state index is -0.0393. The van der Waals surface area contributed by atoms with Gasteiger partial charge in [0, 0.05) is 30.8 Å². The molecule has 1 saturated carbocycles. The second kappa shape index (κ2) is 7.42. The summed E-state index contributed by atoms with van der Waals surface area (Å²) in [4.78, 5) is 18.2. The van der Waals surface area contributed by atoms with Crippen LogP contribution in [0.2, 0.25) is 0 Å². The summed E-state index contributed by atoms with van der Waals surface area (Å²) in [6, 6.07) is 1.96. The van der Waals surface area contributed by atoms with E-state index in [2.05, 4.69) is 23.7 Å². The number of carbonyl (C=O) groups excluding carboxylic acids is 1. The maximum absolute atomic E-state index is 13.1. The number of halogens is 1. The Bertz CT molecular complexity index is 581. The smallest absolute Gasteiger partial charge is 0.132 e. The highest BCUT2D eigenvalue weighted by molar-refractivity contribution is 7.94. The Hall–Kier alpha value is -1.10. The average Bonchev–Trinajstić information content (AvgIpc) is 2.54. The molecule has 0 radical (unpaired) electrons. The predicted octanol–water partition coefficient (Wildman–Crippen LogP) is 4.94. The Kier molecular flexibility index (Phi) is 5.48. The van der Waals surface area contributed by atoms with Crippen LogP contribution in [-0.2, 0) is 10.2 Å². The molecule has 2 fully saturated rings. The van der Waals surface area contributed by atoms with E-state index in [-0.39, 0.29) is 23.5 Å². The minimum Gasteiger partial charge on any atom is -0.355 e. The highest BCUT2D eigenvalue weighted by atomic mass is 32.2. The van der Waals surface area contributed by atoms with Crippen molar-refractivity contribution in [1.82, 2.24) is 4.98 Å². The van der Waals surface area contributed by atoms with Gasteiger partial charge in [-0.2, -0.15) is 3.89 Å². The molecule has 1 aromatic rings. The van der Waals surface area contributed by atoms with Crippen molar-refractivity contribution in [3.05, 3.63) is 17.8 Å². The number of anilines is 1. The van der Waals surface area contributed by atoms with Gasteiger partial charge in [-0.25, -0.2) is 4.98 Å². The van der Waals surface area contributed by atoms with Crippen LogP contribution in [0.25, 0.3) is 0 Å². The van der Waals surface area contributed by atoms with E-state index in [4.69, 9.17) is 0 Å². The largest absolute Gasteiger partial charge is 0.355 e. The lowest BCUT2D eigenvalue weighted by Gasteiger charge is -2.41. The van der Waals surface area contributed by atoms with Gasteiger partial charge in [-0.3, -0.25) is 0 Å². The van der Waals surface area contributed by atoms with E-state index in [9.17, 15) is 8.68 Å². The number of rotatable bonds is 6. The summed E-state index contributed by atoms with van der Waals surface area (Å²) in [5, 5.41) is 0. The van der Waals surface area contributed by atoms with Crippen LogP contribution in [0.5, 0.6) is 0 Å². The molecule has 0 unspecified atom stereocenters. The van der Waals surface area contributed by atoms with Crippen LogP contribution in [0.4, 0.5) is 9.70 Å². The van der Waals surface area contributed by atoms with Gasteiger partial charge in [0.25, 0.3) is 0 Å². The molecule has 3 rings (SSSR count). The second-order valence-corrected chi connectivity index (χ2v) is 8.64. The van der Waals surface area contributed by atoms with Crippen molar-refractivity contribution in [2.24, 2.45) is 11.8 Å². The molecule has 0 atom stereocenters. The summed E-state index contributed by atoms with van der Waals surface area (Å²) >= 11 is 0.259. The van der Waals surface area contributed by atoms with E-state index in [0.717, 1.165) is 43.1 Å². The summed E-state index contributed by atoms with van der Waals surface area (Å²) in [6.45, 7) is 5.97. The van der Waals surface area contributed by atoms with Gasteiger partial charge in [-0.15, -0.1) is 0 Å². The normalized spacial score (nSPS) is 20.0. The Morgan fingerprint density at radius 1 is 1.33 bits per heavy atom. The number of hydrogen-bond donors (Lipinski definition) is 0. The topological polar surface area (TPSA) is 33.2 Å². The predicted molar refractivity (Wildman–Crippen MR) is 97.2 cm³/mol. The molecule has 1 aliphatic heterocycles. The maximum Gasteiger partial charge on any atom is 0.132 e. The molecule has 132 valence electrons. The van der Waals surface area contributed by atoms with Crippen LogP contribution < -0.4 is 4.90 Å². The fourth-order valence-electron chi connectivity index (χ4n) is 4.23. The molecule has 1 aliphatic carbocycles. The third kappa shape index (κ3) is 3.76. The number of carbonyl (C=O) groups is 1. The summed E-state index contributed by atoms with van der Waals surface area (Å²) < 4.78 is 13.1. The zero-order valence-corrected chi connectivity index (χ0v) is 15.4. The lowest BCUT2D eigenvalue weighted by atomic mass is 9.73. The van der Waals surface area contributed by atoms with Gasteiger partial charge in [0.2, 0.25) is 0 Å². The summed E-state index contributed by atoms with van der Waals surface area (Å²) in [5.41, 5.74) is 1.09. The number of aldehydes is 1. The van der Waals surface area contributed by atoms with Gasteiger partial charge in [-0.05, 0) is 23.8 Å². The van der Waals surface area contributed by atoms with E-state index >= 15 is 0 Å². The highest BCUT2D eigenvalue weighted by Crippen LogP contribution is 2.42. The molecule has 0 bridgehead atoms. The van der Waals surface area contributed by atoms with Crippen molar-refractivity contribution in [1.29, 1.82) is 0 Å². The van der Waals surface area contributed by atoms with Crippen molar-refractivity contribution in [3.8, 4) is 0 Å². The number of pyridine rings is 1. The molecule has 0 spiro atoms. The monoisotopic (exact) mass is 350 g/mol. The highest BCUT2D eigenvalue weighted by Gasteiger charge is 2.34. The van der Waals surface area contributed by atoms with Crippen LogP contribution in [-0.4, -0.2) is 24.4 Å². The summed E-state index contributed by atoms with van der Waals surface area (Å²) in [6.07, 6.45) is 10.4. The van der Waals surface area contributed by atoms with Crippen molar-refractivity contribution >= 4 is 24.3 Å². The number of aromatic nitrogens is 1. The third-order valence-electron chi connectivity index (χ3n) is 5.59. The van der Waals surface area contributed by atoms with Crippen LogP contribution in [0.3, 0.4) is 0 Å². The number of nitrogens with zero attached hydrogens (tertiary/aromatic N) is 2. The van der Waals surface area contributed by atoms with Crippen LogP contribution >= 0.6 is 12.1 Å². The second-order valence-electron chi connectivity index (χ2n) is 8.01. The Balaban J connectivity index is 1.84. The van der Waals surface area contributed by atoms with E-state index in [0.29, 0.717) is 4.90 Å². The van der Waals surface area contributed by atoms with Gasteiger partial charge in [0.1, 0.15) is 12.1 Å². The van der Waals surface area contributed by atoms with Crippen molar-refractivity contribution in [3.63, 3.8) is 0 Å². The first-order chi connectivity index (χ1) is 11.5. The summed E-state index contributed by atoms with van der Waals surface area (Å²) in [5.74, 6) is 1.80. The fourth-order valence-corrected chi connectivity index (χ4v) is 4.48. The van der Waals surface area contributed by atoms with Gasteiger partial charge >= 0.3 is 0 Å². The van der Waals surface area contributed by atoms with E-state index in [1.807, 2.05) is 6.07 Å². The summed E-state index contributed by atoms with van der Waals surface area (Å²) in [7, 11) is 0. The first kappa shape index (κ1) is 17.7. The van der Waals surface area contributed by atoms with Crippen LogP contribution in [0.15, 0.2) is 17.2 Å². The SMILES string of the molecule is CC(C)(CC1CCCCC1)c1cc(SF)cnc1N1CC(C=O)C1. The van der Waals surface area contributed by atoms with E-state index in [1.54, 1.807) is 6.20 Å². The van der Waals surface area contributed by atoms with Crippen molar-refractivity contribution < 1.29 is 8.68 Å². The molecule has 3 nitrogen and oxygen atoms in total. The van der Waals surface area contributed by atoms with Crippen molar-refractivity contribution in [2.45, 2.75) is 62.7 Å². The Morgan fingerprint density at radius 3 is 2.67 bits per heavy atom. The molecule has 5 heteroatoms. The maximum atomic E-state index is 13.1. The first-order valence-electron chi connectivity index (χ1n) is 9.03. The molecule has 0 N–H and O–H groups in total. The zero-order chi connectivity index (χ0) is 17.2. The Morgan fingerprint density at radius 2 is 2.04 bits per heavy atom. The zero-order valence-electron chi connectivity index (χ0n) is 14.6. The van der Waals surface area contributed by atoms with Gasteiger partial charge in [0.15, 0.2) is 0 Å². The lowest BCUT2D eigenvalue weighted by Crippen LogP contribution is -2.49. The molecule has 1 aromatic heterocycles. The van der Waals surface area contributed by atoms with Gasteiger partial charge < -0.3 is 9.69 Å². The molecule has 0 aromatic carbocycles. The third-order valence-corrected chi connectivity index (χ3v) is 5.99. The molecule has 2 aliphatic rings. The molecule has 2 heterocycles. The van der Waals surface area contributed by atoms with Crippen LogP contribution in [0, 0.1) is 11.8 Å². The molecular formula is C19H27FN2OS. The molecule has 24 heavy (non-hydrogen) atoms. The first-order valence-corrected chi connectivity index (χ1v) is 9.74. The molecular weight excluding hydrogens is 323 g/mol. The average molecular weight is 351 g/mol. The quantitative estimate of drug-likeness (QED) is 0.680. The fraction of sp³-hybridized carbons (Fsp3) is 0.684. The number of hydrogen-bond acceptors (Lipinski definition) is 4. The van der Waals surface area contributed by atoms with Gasteiger partial charge in [-0.1, -0.05) is 46.0 Å². The van der Waals surface area contributed by atoms with Gasteiger partial charge in [0.05, 0.1) is 17.0 Å². The van der Waals surface area contributed by atoms with E-state index < -0.39 is 0 Å². The Labute approximate surface area is 148 Å². The minimum absolute atomic E-state index is 0.0393.